The Hall–Kier alpha value is -3.76. The van der Waals surface area contributed by atoms with Crippen molar-refractivity contribution >= 4 is 29.8 Å². The minimum absolute atomic E-state index is 0.276. The van der Waals surface area contributed by atoms with Crippen molar-refractivity contribution in [2.45, 2.75) is 19.4 Å². The zero-order valence-electron chi connectivity index (χ0n) is 18.8. The number of nitrogens with zero attached hydrogens (tertiary/aromatic N) is 3. The number of pyridine rings is 1. The molecule has 0 saturated heterocycles. The first kappa shape index (κ1) is 23.4. The lowest BCUT2D eigenvalue weighted by atomic mass is 10.0. The summed E-state index contributed by atoms with van der Waals surface area (Å²) in [4.78, 5) is 30.2. The van der Waals surface area contributed by atoms with Gasteiger partial charge < -0.3 is 19.9 Å². The van der Waals surface area contributed by atoms with Crippen LogP contribution in [-0.4, -0.2) is 46.2 Å². The fourth-order valence-electron chi connectivity index (χ4n) is 3.51. The molecule has 0 aliphatic carbocycles. The topological polar surface area (TPSA) is 107 Å². The van der Waals surface area contributed by atoms with Gasteiger partial charge in [0.25, 0.3) is 0 Å². The molecule has 0 bridgehead atoms. The van der Waals surface area contributed by atoms with E-state index in [9.17, 15) is 14.7 Å². The van der Waals surface area contributed by atoms with Gasteiger partial charge in [0.1, 0.15) is 0 Å². The van der Waals surface area contributed by atoms with Crippen LogP contribution >= 0.6 is 12.1 Å². The number of carboxylic acids is 1. The average molecular weight is 480 g/mol. The van der Waals surface area contributed by atoms with E-state index >= 15 is 0 Å². The zero-order chi connectivity index (χ0) is 24.1. The SMILES string of the molecule is CCO[C@@H](Cc1ccc(-c2cc(N(C)C(=O)NC3=CC=CN4SNC=C34)ccn2)cc1)C(=O)O. The van der Waals surface area contributed by atoms with Crippen LogP contribution in [0.4, 0.5) is 10.5 Å². The van der Waals surface area contributed by atoms with Gasteiger partial charge in [0.2, 0.25) is 0 Å². The van der Waals surface area contributed by atoms with E-state index in [1.54, 1.807) is 26.2 Å². The monoisotopic (exact) mass is 479 g/mol. The number of urea groups is 1. The molecule has 1 atom stereocenters. The van der Waals surface area contributed by atoms with Gasteiger partial charge in [-0.25, -0.2) is 9.59 Å². The van der Waals surface area contributed by atoms with Crippen molar-refractivity contribution in [2.75, 3.05) is 18.6 Å². The summed E-state index contributed by atoms with van der Waals surface area (Å²) in [6.45, 7) is 2.11. The number of aromatic nitrogens is 1. The molecule has 0 unspecified atom stereocenters. The van der Waals surface area contributed by atoms with E-state index in [2.05, 4.69) is 15.0 Å². The van der Waals surface area contributed by atoms with Crippen molar-refractivity contribution < 1.29 is 19.4 Å². The van der Waals surface area contributed by atoms with Gasteiger partial charge in [-0.15, -0.1) is 0 Å². The Kier molecular flexibility index (Phi) is 7.19. The molecule has 1 aromatic heterocycles. The second-order valence-electron chi connectivity index (χ2n) is 7.56. The molecule has 2 aliphatic rings. The van der Waals surface area contributed by atoms with Crippen molar-refractivity contribution in [2.24, 2.45) is 0 Å². The standard InChI is InChI=1S/C24H25N5O4S/c1-3-33-22(23(30)31)13-16-6-8-17(9-7-16)20-14-18(10-11-25-20)28(2)24(32)27-19-5-4-12-29-21(19)15-26-34-29/h4-12,14-15,22,26H,3,13H2,1-2H3,(H,27,32)(H,30,31)/t22-/m0/s1. The average Bonchev–Trinajstić information content (AvgIpc) is 3.34. The highest BCUT2D eigenvalue weighted by Gasteiger charge is 2.23. The predicted molar refractivity (Wildman–Crippen MR) is 131 cm³/mol. The van der Waals surface area contributed by atoms with Crippen LogP contribution in [0.1, 0.15) is 12.5 Å². The molecule has 1 aromatic carbocycles. The van der Waals surface area contributed by atoms with Crippen LogP contribution in [0.15, 0.2) is 78.5 Å². The maximum Gasteiger partial charge on any atom is 0.333 e. The van der Waals surface area contributed by atoms with Gasteiger partial charge >= 0.3 is 12.0 Å². The first-order valence-electron chi connectivity index (χ1n) is 10.7. The summed E-state index contributed by atoms with van der Waals surface area (Å²) in [6, 6.07) is 10.8. The fraction of sp³-hybridized carbons (Fsp3) is 0.208. The number of allylic oxidation sites excluding steroid dienone is 2. The van der Waals surface area contributed by atoms with Crippen LogP contribution in [0, 0.1) is 0 Å². The largest absolute Gasteiger partial charge is 0.479 e. The number of benzene rings is 1. The number of carboxylic acid groups (broad SMARTS) is 1. The normalized spacial score (nSPS) is 15.1. The third kappa shape index (κ3) is 5.24. The number of aliphatic carboxylic acids is 1. The maximum absolute atomic E-state index is 12.9. The van der Waals surface area contributed by atoms with E-state index in [1.807, 2.05) is 59.2 Å². The van der Waals surface area contributed by atoms with E-state index in [-0.39, 0.29) is 12.5 Å². The molecule has 0 radical (unpaired) electrons. The van der Waals surface area contributed by atoms with Gasteiger partial charge in [0, 0.05) is 49.9 Å². The van der Waals surface area contributed by atoms with Gasteiger partial charge in [-0.1, -0.05) is 24.3 Å². The Labute approximate surface area is 202 Å². The minimum atomic E-state index is -0.978. The van der Waals surface area contributed by atoms with Crippen LogP contribution in [0.2, 0.25) is 0 Å². The molecule has 2 aliphatic heterocycles. The molecule has 176 valence electrons. The van der Waals surface area contributed by atoms with Crippen molar-refractivity contribution in [3.05, 3.63) is 84.1 Å². The second kappa shape index (κ2) is 10.4. The molecule has 4 rings (SSSR count). The highest BCUT2D eigenvalue weighted by molar-refractivity contribution is 7.95. The number of carbonyl (C=O) groups excluding carboxylic acids is 1. The van der Waals surface area contributed by atoms with Crippen molar-refractivity contribution in [3.8, 4) is 11.3 Å². The predicted octanol–water partition coefficient (Wildman–Crippen LogP) is 3.65. The highest BCUT2D eigenvalue weighted by Crippen LogP contribution is 2.29. The van der Waals surface area contributed by atoms with E-state index in [1.165, 1.54) is 17.0 Å². The highest BCUT2D eigenvalue weighted by atomic mass is 32.2. The Morgan fingerprint density at radius 1 is 1.29 bits per heavy atom. The number of ether oxygens (including phenoxy) is 1. The van der Waals surface area contributed by atoms with E-state index in [4.69, 9.17) is 4.74 Å². The number of anilines is 1. The van der Waals surface area contributed by atoms with Gasteiger partial charge in [-0.3, -0.25) is 14.2 Å². The fourth-order valence-corrected chi connectivity index (χ4v) is 4.17. The number of amides is 2. The molecular weight excluding hydrogens is 454 g/mol. The molecule has 2 aromatic rings. The lowest BCUT2D eigenvalue weighted by Crippen LogP contribution is -2.38. The summed E-state index contributed by atoms with van der Waals surface area (Å²) in [7, 11) is 1.70. The van der Waals surface area contributed by atoms with Crippen LogP contribution in [0.3, 0.4) is 0 Å². The lowest BCUT2D eigenvalue weighted by Gasteiger charge is -2.23. The summed E-state index contributed by atoms with van der Waals surface area (Å²) in [5, 5.41) is 12.2. The Balaban J connectivity index is 1.45. The number of rotatable bonds is 8. The number of fused-ring (bicyclic) bond motifs is 1. The quantitative estimate of drug-likeness (QED) is 0.493. The summed E-state index contributed by atoms with van der Waals surface area (Å²) in [6.07, 6.45) is 8.53. The van der Waals surface area contributed by atoms with Crippen LogP contribution in [-0.2, 0) is 16.0 Å². The number of carbonyl (C=O) groups is 2. The van der Waals surface area contributed by atoms with Crippen molar-refractivity contribution in [1.29, 1.82) is 0 Å². The molecule has 3 heterocycles. The smallest absolute Gasteiger partial charge is 0.333 e. The summed E-state index contributed by atoms with van der Waals surface area (Å²) in [5.74, 6) is -0.978. The third-order valence-corrected chi connectivity index (χ3v) is 6.07. The molecule has 9 nitrogen and oxygen atoms in total. The van der Waals surface area contributed by atoms with Gasteiger partial charge in [0.05, 0.1) is 29.2 Å². The zero-order valence-corrected chi connectivity index (χ0v) is 19.6. The van der Waals surface area contributed by atoms with Gasteiger partial charge in [0.15, 0.2) is 6.10 Å². The molecule has 34 heavy (non-hydrogen) atoms. The van der Waals surface area contributed by atoms with Crippen molar-refractivity contribution in [1.82, 2.24) is 19.3 Å². The van der Waals surface area contributed by atoms with Crippen LogP contribution in [0.25, 0.3) is 11.3 Å². The van der Waals surface area contributed by atoms with Gasteiger partial charge in [-0.2, -0.15) is 0 Å². The number of nitrogens with one attached hydrogen (secondary N) is 2. The minimum Gasteiger partial charge on any atom is -0.479 e. The maximum atomic E-state index is 12.9. The Morgan fingerprint density at radius 2 is 2.09 bits per heavy atom. The summed E-state index contributed by atoms with van der Waals surface area (Å²) in [5.41, 5.74) is 4.68. The first-order chi connectivity index (χ1) is 16.5. The molecule has 10 heteroatoms. The molecular formula is C24H25N5O4S. The molecule has 0 saturated carbocycles. The Bertz CT molecular complexity index is 1160. The summed E-state index contributed by atoms with van der Waals surface area (Å²) >= 11 is 1.42. The van der Waals surface area contributed by atoms with E-state index in [0.29, 0.717) is 23.7 Å². The number of hydrogen-bond acceptors (Lipinski definition) is 7. The molecule has 0 spiro atoms. The molecule has 3 N–H and O–H groups in total. The second-order valence-corrected chi connectivity index (χ2v) is 8.37. The Morgan fingerprint density at radius 3 is 2.82 bits per heavy atom. The first-order valence-corrected chi connectivity index (χ1v) is 11.5. The lowest BCUT2D eigenvalue weighted by molar-refractivity contribution is -0.149. The van der Waals surface area contributed by atoms with Crippen LogP contribution < -0.4 is 14.9 Å². The van der Waals surface area contributed by atoms with E-state index in [0.717, 1.165) is 16.8 Å². The van der Waals surface area contributed by atoms with Crippen LogP contribution in [0.5, 0.6) is 0 Å². The van der Waals surface area contributed by atoms with Gasteiger partial charge in [-0.05, 0) is 36.8 Å². The number of hydrogen-bond donors (Lipinski definition) is 3. The molecule has 2 amide bonds. The summed E-state index contributed by atoms with van der Waals surface area (Å²) < 4.78 is 10.3. The third-order valence-electron chi connectivity index (χ3n) is 5.34. The van der Waals surface area contributed by atoms with E-state index < -0.39 is 12.1 Å². The van der Waals surface area contributed by atoms with Crippen molar-refractivity contribution in [3.63, 3.8) is 0 Å². The molecule has 0 fully saturated rings.